The van der Waals surface area contributed by atoms with Gasteiger partial charge in [-0.1, -0.05) is 18.2 Å². The van der Waals surface area contributed by atoms with Gasteiger partial charge < -0.3 is 21.1 Å². The van der Waals surface area contributed by atoms with Crippen molar-refractivity contribution in [3.63, 3.8) is 0 Å². The Hall–Kier alpha value is -4.14. The molecule has 2 fully saturated rings. The molecule has 1 amide bonds. The second-order valence-corrected chi connectivity index (χ2v) is 9.36. The number of carboxylic acid groups (broad SMARTS) is 1. The molecular weight excluding hydrogens is 456 g/mol. The highest BCUT2D eigenvalue weighted by molar-refractivity contribution is 5.95. The molecule has 0 spiro atoms. The van der Waals surface area contributed by atoms with Crippen molar-refractivity contribution in [3.8, 4) is 17.1 Å². The van der Waals surface area contributed by atoms with Crippen molar-refractivity contribution in [1.82, 2.24) is 25.0 Å². The third kappa shape index (κ3) is 4.56. The van der Waals surface area contributed by atoms with Gasteiger partial charge in [-0.05, 0) is 49.9 Å². The Bertz CT molecular complexity index is 1320. The van der Waals surface area contributed by atoms with Crippen LogP contribution in [0.3, 0.4) is 0 Å². The van der Waals surface area contributed by atoms with E-state index in [1.807, 2.05) is 41.3 Å². The molecule has 2 atom stereocenters. The lowest BCUT2D eigenvalue weighted by molar-refractivity contribution is 0.0693. The molecule has 0 radical (unpaired) electrons. The van der Waals surface area contributed by atoms with Gasteiger partial charge in [0, 0.05) is 55.0 Å². The van der Waals surface area contributed by atoms with Crippen LogP contribution in [-0.2, 0) is 0 Å². The Balaban J connectivity index is 1.47. The number of piperidine rings is 1. The number of nitrogens with two attached hydrogens (primary N) is 1. The number of carboxylic acids is 1. The number of aromatic nitrogens is 3. The number of likely N-dealkylation sites (tertiary alicyclic amines) is 1. The van der Waals surface area contributed by atoms with E-state index in [0.29, 0.717) is 28.5 Å². The number of rotatable bonds is 7. The van der Waals surface area contributed by atoms with E-state index in [1.54, 1.807) is 24.0 Å². The number of carbonyl (C=O) groups is 2. The molecule has 1 aromatic carbocycles. The topological polar surface area (TPSA) is 126 Å². The average Bonchev–Trinajstić information content (AvgIpc) is 3.58. The number of amides is 1. The molecule has 2 aliphatic rings. The maximum atomic E-state index is 13.0. The second-order valence-electron chi connectivity index (χ2n) is 9.36. The zero-order valence-corrected chi connectivity index (χ0v) is 20.2. The largest absolute Gasteiger partial charge is 0.478 e. The van der Waals surface area contributed by atoms with E-state index in [4.69, 9.17) is 10.7 Å². The molecule has 1 saturated heterocycles. The quantitative estimate of drug-likeness (QED) is 0.467. The lowest BCUT2D eigenvalue weighted by atomic mass is 10.0. The summed E-state index contributed by atoms with van der Waals surface area (Å²) in [5.41, 5.74) is 9.74. The molecule has 186 valence electrons. The van der Waals surface area contributed by atoms with Gasteiger partial charge in [0.05, 0.1) is 17.6 Å². The number of allylic oxidation sites excluding steroid dienone is 1. The van der Waals surface area contributed by atoms with Gasteiger partial charge in [0.25, 0.3) is 5.91 Å². The summed E-state index contributed by atoms with van der Waals surface area (Å²) >= 11 is 0. The molecule has 4 N–H and O–H groups in total. The predicted octanol–water partition coefficient (Wildman–Crippen LogP) is 3.38. The number of pyridine rings is 1. The fourth-order valence-electron chi connectivity index (χ4n) is 4.99. The summed E-state index contributed by atoms with van der Waals surface area (Å²) in [7, 11) is 1.78. The Morgan fingerprint density at radius 3 is 2.67 bits per heavy atom. The second kappa shape index (κ2) is 9.85. The van der Waals surface area contributed by atoms with Crippen molar-refractivity contribution >= 4 is 11.9 Å². The SMILES string of the molecule is CN/C=C(\N)C1CC1c1c(C(=O)O)cnn1-c1cccc(-c2cccc(C(=O)N3CCCCC3)c2)n1. The highest BCUT2D eigenvalue weighted by atomic mass is 16.4. The lowest BCUT2D eigenvalue weighted by Gasteiger charge is -2.26. The highest BCUT2D eigenvalue weighted by Gasteiger charge is 2.45. The van der Waals surface area contributed by atoms with E-state index in [2.05, 4.69) is 10.4 Å². The molecule has 1 saturated carbocycles. The molecule has 1 aliphatic carbocycles. The van der Waals surface area contributed by atoms with Gasteiger partial charge >= 0.3 is 5.97 Å². The molecule has 9 heteroatoms. The third-order valence-electron chi connectivity index (χ3n) is 6.92. The summed E-state index contributed by atoms with van der Waals surface area (Å²) in [5.74, 6) is -0.478. The predicted molar refractivity (Wildman–Crippen MR) is 136 cm³/mol. The highest BCUT2D eigenvalue weighted by Crippen LogP contribution is 2.51. The van der Waals surface area contributed by atoms with Crippen molar-refractivity contribution in [2.75, 3.05) is 20.1 Å². The Morgan fingerprint density at radius 2 is 1.92 bits per heavy atom. The van der Waals surface area contributed by atoms with Gasteiger partial charge in [-0.15, -0.1) is 0 Å². The maximum absolute atomic E-state index is 13.0. The molecule has 9 nitrogen and oxygen atoms in total. The normalized spacial score (nSPS) is 19.7. The van der Waals surface area contributed by atoms with Crippen LogP contribution >= 0.6 is 0 Å². The fraction of sp³-hybridized carbons (Fsp3) is 0.333. The van der Waals surface area contributed by atoms with Gasteiger partial charge in [0.1, 0.15) is 5.56 Å². The minimum Gasteiger partial charge on any atom is -0.478 e. The lowest BCUT2D eigenvalue weighted by Crippen LogP contribution is -2.35. The van der Waals surface area contributed by atoms with E-state index < -0.39 is 5.97 Å². The van der Waals surface area contributed by atoms with Gasteiger partial charge in [-0.25, -0.2) is 14.5 Å². The van der Waals surface area contributed by atoms with Crippen molar-refractivity contribution in [2.45, 2.75) is 31.6 Å². The van der Waals surface area contributed by atoms with Crippen LogP contribution in [0.4, 0.5) is 0 Å². The number of benzene rings is 1. The van der Waals surface area contributed by atoms with Gasteiger partial charge in [0.2, 0.25) is 0 Å². The molecule has 1 aliphatic heterocycles. The van der Waals surface area contributed by atoms with Crippen molar-refractivity contribution in [1.29, 1.82) is 0 Å². The van der Waals surface area contributed by atoms with Crippen LogP contribution in [0.15, 0.2) is 60.6 Å². The molecule has 3 aromatic rings. The van der Waals surface area contributed by atoms with E-state index in [9.17, 15) is 14.7 Å². The fourth-order valence-corrected chi connectivity index (χ4v) is 4.99. The van der Waals surface area contributed by atoms with E-state index >= 15 is 0 Å². The zero-order valence-electron chi connectivity index (χ0n) is 20.2. The third-order valence-corrected chi connectivity index (χ3v) is 6.92. The van der Waals surface area contributed by atoms with Crippen LogP contribution in [0, 0.1) is 5.92 Å². The van der Waals surface area contributed by atoms with Crippen LogP contribution in [0.5, 0.6) is 0 Å². The summed E-state index contributed by atoms with van der Waals surface area (Å²) in [6.07, 6.45) is 7.10. The van der Waals surface area contributed by atoms with E-state index in [-0.39, 0.29) is 23.3 Å². The summed E-state index contributed by atoms with van der Waals surface area (Å²) in [6.45, 7) is 1.59. The minimum absolute atomic E-state index is 0.0418. The number of nitrogens with zero attached hydrogens (tertiary/aromatic N) is 4. The van der Waals surface area contributed by atoms with E-state index in [0.717, 1.165) is 37.9 Å². The monoisotopic (exact) mass is 486 g/mol. The first-order valence-corrected chi connectivity index (χ1v) is 12.3. The van der Waals surface area contributed by atoms with Gasteiger partial charge in [0.15, 0.2) is 5.82 Å². The van der Waals surface area contributed by atoms with Crippen LogP contribution in [0.2, 0.25) is 0 Å². The molecule has 3 heterocycles. The summed E-state index contributed by atoms with van der Waals surface area (Å²) in [5, 5.41) is 17.1. The standard InChI is InChI=1S/C27H30N6O3/c1-29-16-22(28)19-14-20(19)25-21(27(35)36)15-30-33(25)24-10-6-9-23(31-24)17-7-5-8-18(13-17)26(34)32-11-3-2-4-12-32/h5-10,13,15-16,19-20,29H,2-4,11-12,14,28H2,1H3,(H,35,36)/b22-16-. The smallest absolute Gasteiger partial charge is 0.339 e. The molecule has 5 rings (SSSR count). The summed E-state index contributed by atoms with van der Waals surface area (Å²) in [4.78, 5) is 31.7. The number of hydrogen-bond acceptors (Lipinski definition) is 6. The van der Waals surface area contributed by atoms with Crippen molar-refractivity contribution in [3.05, 3.63) is 77.4 Å². The average molecular weight is 487 g/mol. The van der Waals surface area contributed by atoms with Crippen LogP contribution < -0.4 is 11.1 Å². The van der Waals surface area contributed by atoms with Gasteiger partial charge in [-0.2, -0.15) is 5.10 Å². The molecule has 2 unspecified atom stereocenters. The van der Waals surface area contributed by atoms with Crippen LogP contribution in [0.1, 0.15) is 58.0 Å². The summed E-state index contributed by atoms with van der Waals surface area (Å²) < 4.78 is 1.60. The maximum Gasteiger partial charge on any atom is 0.339 e. The first-order chi connectivity index (χ1) is 17.5. The van der Waals surface area contributed by atoms with Gasteiger partial charge in [-0.3, -0.25) is 4.79 Å². The van der Waals surface area contributed by atoms with E-state index in [1.165, 1.54) is 12.6 Å². The van der Waals surface area contributed by atoms with Crippen LogP contribution in [0.25, 0.3) is 17.1 Å². The Kier molecular flexibility index (Phi) is 6.45. The molecule has 2 aromatic heterocycles. The van der Waals surface area contributed by atoms with Crippen molar-refractivity contribution in [2.24, 2.45) is 11.7 Å². The number of nitrogens with one attached hydrogen (secondary N) is 1. The minimum atomic E-state index is -1.03. The molecule has 0 bridgehead atoms. The Labute approximate surface area is 209 Å². The number of carbonyl (C=O) groups excluding carboxylic acids is 1. The molecule has 36 heavy (non-hydrogen) atoms. The number of aromatic carboxylic acids is 1. The first-order valence-electron chi connectivity index (χ1n) is 12.3. The molecular formula is C27H30N6O3. The first kappa shape index (κ1) is 23.6. The zero-order chi connectivity index (χ0) is 25.2. The van der Waals surface area contributed by atoms with Crippen molar-refractivity contribution < 1.29 is 14.7 Å². The Morgan fingerprint density at radius 1 is 1.14 bits per heavy atom. The van der Waals surface area contributed by atoms with Crippen LogP contribution in [-0.4, -0.2) is 56.8 Å². The number of hydrogen-bond donors (Lipinski definition) is 3. The summed E-state index contributed by atoms with van der Waals surface area (Å²) in [6, 6.07) is 13.0.